The summed E-state index contributed by atoms with van der Waals surface area (Å²) in [5.41, 5.74) is 5.31. The maximum atomic E-state index is 10.9. The van der Waals surface area contributed by atoms with Crippen LogP contribution in [0, 0.1) is 0 Å². The predicted molar refractivity (Wildman–Crippen MR) is 56.7 cm³/mol. The fourth-order valence-electron chi connectivity index (χ4n) is 1.55. The first-order valence-corrected chi connectivity index (χ1v) is 5.19. The van der Waals surface area contributed by atoms with Crippen molar-refractivity contribution in [3.8, 4) is 0 Å². The van der Waals surface area contributed by atoms with Gasteiger partial charge in [-0.3, -0.25) is 4.79 Å². The molecule has 0 aromatic heterocycles. The van der Waals surface area contributed by atoms with Crippen molar-refractivity contribution in [1.82, 2.24) is 10.6 Å². The number of amidine groups is 1. The van der Waals surface area contributed by atoms with Crippen molar-refractivity contribution < 1.29 is 10.0 Å². The lowest BCUT2D eigenvalue weighted by Crippen LogP contribution is -2.36. The van der Waals surface area contributed by atoms with Gasteiger partial charge in [0.1, 0.15) is 5.84 Å². The Labute approximate surface area is 88.9 Å². The van der Waals surface area contributed by atoms with Gasteiger partial charge in [0.25, 0.3) is 0 Å². The van der Waals surface area contributed by atoms with Crippen molar-refractivity contribution in [2.75, 3.05) is 13.1 Å². The molecule has 0 aromatic carbocycles. The Bertz CT molecular complexity index is 242. The van der Waals surface area contributed by atoms with Crippen LogP contribution in [0.4, 0.5) is 0 Å². The van der Waals surface area contributed by atoms with E-state index < -0.39 is 0 Å². The molecule has 1 aliphatic heterocycles. The van der Waals surface area contributed by atoms with Gasteiger partial charge in [0.15, 0.2) is 0 Å². The molecule has 1 saturated heterocycles. The molecule has 0 aromatic rings. The average molecular weight is 214 g/mol. The van der Waals surface area contributed by atoms with Gasteiger partial charge in [0.05, 0.1) is 0 Å². The average Bonchev–Trinajstić information content (AvgIpc) is 2.63. The number of rotatable bonds is 6. The van der Waals surface area contributed by atoms with Crippen molar-refractivity contribution in [3.05, 3.63) is 0 Å². The third kappa shape index (κ3) is 4.64. The van der Waals surface area contributed by atoms with Gasteiger partial charge in [-0.1, -0.05) is 5.16 Å². The zero-order valence-corrected chi connectivity index (χ0v) is 8.70. The zero-order chi connectivity index (χ0) is 11.1. The topological polar surface area (TPSA) is 99.7 Å². The molecular weight excluding hydrogens is 196 g/mol. The van der Waals surface area contributed by atoms with Crippen LogP contribution in [0.15, 0.2) is 5.16 Å². The molecule has 5 N–H and O–H groups in total. The van der Waals surface area contributed by atoms with Crippen molar-refractivity contribution >= 4 is 11.7 Å². The molecule has 0 radical (unpaired) electrons. The van der Waals surface area contributed by atoms with Crippen LogP contribution in [0.1, 0.15) is 25.7 Å². The maximum absolute atomic E-state index is 10.9. The van der Waals surface area contributed by atoms with E-state index in [0.29, 0.717) is 12.8 Å². The van der Waals surface area contributed by atoms with Crippen molar-refractivity contribution in [1.29, 1.82) is 0 Å². The third-order valence-corrected chi connectivity index (χ3v) is 2.39. The summed E-state index contributed by atoms with van der Waals surface area (Å²) in [6.07, 6.45) is 2.96. The monoisotopic (exact) mass is 214 g/mol. The van der Waals surface area contributed by atoms with E-state index in [4.69, 9.17) is 10.9 Å². The number of nitrogens with two attached hydrogens (primary N) is 1. The number of amides is 1. The van der Waals surface area contributed by atoms with Crippen LogP contribution >= 0.6 is 0 Å². The number of carbonyl (C=O) groups excluding carboxylic acids is 1. The largest absolute Gasteiger partial charge is 0.409 e. The molecule has 1 unspecified atom stereocenters. The molecule has 6 heteroatoms. The molecule has 0 spiro atoms. The van der Waals surface area contributed by atoms with Gasteiger partial charge < -0.3 is 21.6 Å². The lowest BCUT2D eigenvalue weighted by Gasteiger charge is -2.10. The molecule has 1 heterocycles. The first-order valence-electron chi connectivity index (χ1n) is 5.19. The molecule has 1 fully saturated rings. The molecular formula is C9H18N4O2. The fraction of sp³-hybridized carbons (Fsp3) is 0.778. The Kier molecular flexibility index (Phi) is 4.89. The van der Waals surface area contributed by atoms with Gasteiger partial charge in [-0.15, -0.1) is 0 Å². The van der Waals surface area contributed by atoms with Crippen LogP contribution in [0.3, 0.4) is 0 Å². The predicted octanol–water partition coefficient (Wildman–Crippen LogP) is -0.619. The Morgan fingerprint density at radius 1 is 1.73 bits per heavy atom. The number of carbonyl (C=O) groups is 1. The summed E-state index contributed by atoms with van der Waals surface area (Å²) in [7, 11) is 0. The van der Waals surface area contributed by atoms with Crippen LogP contribution in [0.2, 0.25) is 0 Å². The standard InChI is InChI=1S/C9H18N4O2/c10-8(13-15)2-1-5-11-6-7-3-4-9(14)12-7/h7,11,15H,1-6H2,(H2,10,13)(H,12,14). The Morgan fingerprint density at radius 2 is 2.53 bits per heavy atom. The Morgan fingerprint density at radius 3 is 3.13 bits per heavy atom. The van der Waals surface area contributed by atoms with Crippen LogP contribution < -0.4 is 16.4 Å². The summed E-state index contributed by atoms with van der Waals surface area (Å²) in [6.45, 7) is 1.60. The van der Waals surface area contributed by atoms with Crippen LogP contribution in [0.5, 0.6) is 0 Å². The van der Waals surface area contributed by atoms with E-state index in [0.717, 1.165) is 25.9 Å². The van der Waals surface area contributed by atoms with E-state index in [-0.39, 0.29) is 17.8 Å². The first kappa shape index (κ1) is 11.8. The van der Waals surface area contributed by atoms with Crippen LogP contribution in [-0.4, -0.2) is 36.1 Å². The minimum absolute atomic E-state index is 0.137. The Hall–Kier alpha value is -1.30. The van der Waals surface area contributed by atoms with Gasteiger partial charge in [0.2, 0.25) is 5.91 Å². The van der Waals surface area contributed by atoms with Gasteiger partial charge >= 0.3 is 0 Å². The smallest absolute Gasteiger partial charge is 0.220 e. The quantitative estimate of drug-likeness (QED) is 0.156. The van der Waals surface area contributed by atoms with E-state index in [1.165, 1.54) is 0 Å². The second-order valence-electron chi connectivity index (χ2n) is 3.70. The van der Waals surface area contributed by atoms with Gasteiger partial charge in [0, 0.05) is 25.4 Å². The molecule has 1 rings (SSSR count). The molecule has 0 aliphatic carbocycles. The minimum atomic E-state index is 0.137. The molecule has 0 bridgehead atoms. The second-order valence-corrected chi connectivity index (χ2v) is 3.70. The number of nitrogens with one attached hydrogen (secondary N) is 2. The highest BCUT2D eigenvalue weighted by Crippen LogP contribution is 2.04. The molecule has 1 amide bonds. The number of hydrogen-bond acceptors (Lipinski definition) is 4. The molecule has 1 aliphatic rings. The number of hydrogen-bond donors (Lipinski definition) is 4. The highest BCUT2D eigenvalue weighted by atomic mass is 16.4. The third-order valence-electron chi connectivity index (χ3n) is 2.39. The van der Waals surface area contributed by atoms with Gasteiger partial charge in [-0.2, -0.15) is 0 Å². The lowest BCUT2D eigenvalue weighted by atomic mass is 10.2. The normalized spacial score (nSPS) is 21.7. The van der Waals surface area contributed by atoms with Gasteiger partial charge in [-0.05, 0) is 19.4 Å². The molecule has 0 saturated carbocycles. The van der Waals surface area contributed by atoms with Crippen LogP contribution in [0.25, 0.3) is 0 Å². The summed E-state index contributed by atoms with van der Waals surface area (Å²) >= 11 is 0. The second kappa shape index (κ2) is 6.23. The first-order chi connectivity index (χ1) is 7.22. The lowest BCUT2D eigenvalue weighted by molar-refractivity contribution is -0.119. The van der Waals surface area contributed by atoms with Crippen LogP contribution in [-0.2, 0) is 4.79 Å². The van der Waals surface area contributed by atoms with Gasteiger partial charge in [-0.25, -0.2) is 0 Å². The highest BCUT2D eigenvalue weighted by Gasteiger charge is 2.19. The van der Waals surface area contributed by atoms with E-state index in [1.807, 2.05) is 0 Å². The number of nitrogens with zero attached hydrogens (tertiary/aromatic N) is 1. The Balaban J connectivity index is 1.95. The summed E-state index contributed by atoms with van der Waals surface area (Å²) in [6, 6.07) is 0.265. The van der Waals surface area contributed by atoms with E-state index in [2.05, 4.69) is 15.8 Å². The fourth-order valence-corrected chi connectivity index (χ4v) is 1.55. The summed E-state index contributed by atoms with van der Waals surface area (Å²) < 4.78 is 0. The van der Waals surface area contributed by atoms with E-state index in [1.54, 1.807) is 0 Å². The minimum Gasteiger partial charge on any atom is -0.409 e. The summed E-state index contributed by atoms with van der Waals surface area (Å²) in [5.74, 6) is 0.393. The molecule has 15 heavy (non-hydrogen) atoms. The molecule has 86 valence electrons. The SMILES string of the molecule is NC(CCCNCC1CCC(=O)N1)=NO. The zero-order valence-electron chi connectivity index (χ0n) is 8.70. The highest BCUT2D eigenvalue weighted by molar-refractivity contribution is 5.79. The van der Waals surface area contributed by atoms with E-state index in [9.17, 15) is 4.79 Å². The number of oxime groups is 1. The van der Waals surface area contributed by atoms with Crippen molar-refractivity contribution in [3.63, 3.8) is 0 Å². The molecule has 6 nitrogen and oxygen atoms in total. The van der Waals surface area contributed by atoms with Crippen molar-refractivity contribution in [2.24, 2.45) is 10.9 Å². The van der Waals surface area contributed by atoms with E-state index >= 15 is 0 Å². The maximum Gasteiger partial charge on any atom is 0.220 e. The van der Waals surface area contributed by atoms with Crippen molar-refractivity contribution in [2.45, 2.75) is 31.7 Å². The molecule has 1 atom stereocenters. The summed E-state index contributed by atoms with van der Waals surface area (Å²) in [4.78, 5) is 10.9. The summed E-state index contributed by atoms with van der Waals surface area (Å²) in [5, 5.41) is 17.3.